The summed E-state index contributed by atoms with van der Waals surface area (Å²) < 4.78 is 8.23. The molecule has 0 spiro atoms. The van der Waals surface area contributed by atoms with Gasteiger partial charge in [0.15, 0.2) is 5.82 Å². The molecule has 0 aliphatic carbocycles. The Balaban J connectivity index is 2.80. The highest BCUT2D eigenvalue weighted by Crippen LogP contribution is 2.04. The lowest BCUT2D eigenvalue weighted by Gasteiger charge is -1.88. The number of methoxy groups -OCH3 is 1. The molecule has 11 heavy (non-hydrogen) atoms. The number of hydrogen-bond donors (Lipinski definition) is 1. The minimum absolute atomic E-state index is 0.243. The highest BCUT2D eigenvalue weighted by molar-refractivity contribution is 7.07. The number of nitrogens with two attached hydrogens (primary N) is 1. The van der Waals surface area contributed by atoms with Crippen LogP contribution in [0.1, 0.15) is 15.6 Å². The first kappa shape index (κ1) is 8.09. The molecule has 0 fully saturated rings. The van der Waals surface area contributed by atoms with Gasteiger partial charge in [0.25, 0.3) is 0 Å². The number of carbonyl (C=O) groups excluding carboxylic acids is 1. The maximum atomic E-state index is 10.8. The van der Waals surface area contributed by atoms with Crippen LogP contribution in [-0.2, 0) is 11.3 Å². The zero-order valence-corrected chi connectivity index (χ0v) is 6.72. The number of rotatable bonds is 2. The Morgan fingerprint density at radius 1 is 1.82 bits per heavy atom. The Morgan fingerprint density at radius 3 is 3.00 bits per heavy atom. The third-order valence-corrected chi connectivity index (χ3v) is 1.74. The molecule has 0 bridgehead atoms. The van der Waals surface area contributed by atoms with Crippen molar-refractivity contribution in [1.82, 2.24) is 9.36 Å². The normalized spacial score (nSPS) is 9.64. The summed E-state index contributed by atoms with van der Waals surface area (Å²) in [6.07, 6.45) is 0. The molecular weight excluding hydrogens is 166 g/mol. The summed E-state index contributed by atoms with van der Waals surface area (Å²) in [5.74, 6) is -0.00222. The standard InChI is InChI=1S/C5H7N3O2S/c1-10-5(9)4-7-3(2-6)8-11-4/h2,6H2,1H3. The van der Waals surface area contributed by atoms with Crippen LogP contribution in [0, 0.1) is 0 Å². The predicted octanol–water partition coefficient (Wildman–Crippen LogP) is -0.217. The Bertz CT molecular complexity index is 260. The Kier molecular flexibility index (Phi) is 2.50. The van der Waals surface area contributed by atoms with Crippen molar-refractivity contribution in [2.24, 2.45) is 5.73 Å². The van der Waals surface area contributed by atoms with E-state index < -0.39 is 5.97 Å². The molecule has 1 rings (SSSR count). The van der Waals surface area contributed by atoms with Crippen molar-refractivity contribution in [2.45, 2.75) is 6.54 Å². The molecule has 0 aliphatic rings. The molecule has 0 saturated heterocycles. The van der Waals surface area contributed by atoms with Crippen LogP contribution in [0.2, 0.25) is 0 Å². The molecule has 1 aromatic heterocycles. The summed E-state index contributed by atoms with van der Waals surface area (Å²) in [5, 5.41) is 0.243. The van der Waals surface area contributed by atoms with Crippen LogP contribution >= 0.6 is 11.5 Å². The number of hydrogen-bond acceptors (Lipinski definition) is 6. The predicted molar refractivity (Wildman–Crippen MR) is 39.1 cm³/mol. The van der Waals surface area contributed by atoms with Gasteiger partial charge in [0, 0.05) is 0 Å². The molecule has 60 valence electrons. The molecule has 0 aromatic carbocycles. The van der Waals surface area contributed by atoms with E-state index in [0.29, 0.717) is 5.82 Å². The summed E-state index contributed by atoms with van der Waals surface area (Å²) in [6.45, 7) is 0.244. The average molecular weight is 173 g/mol. The van der Waals surface area contributed by atoms with Gasteiger partial charge >= 0.3 is 5.97 Å². The van der Waals surface area contributed by atoms with Crippen LogP contribution < -0.4 is 5.73 Å². The van der Waals surface area contributed by atoms with Gasteiger partial charge in [-0.1, -0.05) is 0 Å². The lowest BCUT2D eigenvalue weighted by Crippen LogP contribution is -2.02. The monoisotopic (exact) mass is 173 g/mol. The number of nitrogens with zero attached hydrogens (tertiary/aromatic N) is 2. The average Bonchev–Trinajstić information content (AvgIpc) is 2.50. The molecule has 2 N–H and O–H groups in total. The molecule has 0 radical (unpaired) electrons. The van der Waals surface area contributed by atoms with E-state index in [0.717, 1.165) is 11.5 Å². The van der Waals surface area contributed by atoms with E-state index in [1.165, 1.54) is 7.11 Å². The fraction of sp³-hybridized carbons (Fsp3) is 0.400. The first-order valence-corrected chi connectivity index (χ1v) is 3.66. The molecule has 0 amide bonds. The smallest absolute Gasteiger partial charge is 0.368 e. The Labute approximate surface area is 67.4 Å². The lowest BCUT2D eigenvalue weighted by atomic mass is 10.6. The largest absolute Gasteiger partial charge is 0.464 e. The van der Waals surface area contributed by atoms with Gasteiger partial charge in [-0.25, -0.2) is 9.78 Å². The fourth-order valence-electron chi connectivity index (χ4n) is 0.507. The minimum Gasteiger partial charge on any atom is -0.464 e. The Hall–Kier alpha value is -1.01. The highest BCUT2D eigenvalue weighted by atomic mass is 32.1. The van der Waals surface area contributed by atoms with Crippen molar-refractivity contribution >= 4 is 17.5 Å². The molecule has 1 aromatic rings. The summed E-state index contributed by atoms with van der Waals surface area (Å²) in [7, 11) is 1.30. The van der Waals surface area contributed by atoms with E-state index in [9.17, 15) is 4.79 Å². The molecule has 6 heteroatoms. The van der Waals surface area contributed by atoms with E-state index in [4.69, 9.17) is 5.73 Å². The Morgan fingerprint density at radius 2 is 2.55 bits per heavy atom. The SMILES string of the molecule is COC(=O)c1nc(CN)ns1. The number of aromatic nitrogens is 2. The molecule has 0 aliphatic heterocycles. The third-order valence-electron chi connectivity index (χ3n) is 1.01. The van der Waals surface area contributed by atoms with Gasteiger partial charge in [-0.3, -0.25) is 0 Å². The van der Waals surface area contributed by atoms with E-state index in [2.05, 4.69) is 14.1 Å². The maximum Gasteiger partial charge on any atom is 0.368 e. The second-order valence-corrected chi connectivity index (χ2v) is 2.46. The van der Waals surface area contributed by atoms with Crippen LogP contribution in [0.4, 0.5) is 0 Å². The van der Waals surface area contributed by atoms with Gasteiger partial charge in [0.05, 0.1) is 13.7 Å². The minimum atomic E-state index is -0.470. The zero-order chi connectivity index (χ0) is 8.27. The van der Waals surface area contributed by atoms with Gasteiger partial charge in [-0.2, -0.15) is 4.37 Å². The molecule has 5 nitrogen and oxygen atoms in total. The van der Waals surface area contributed by atoms with Crippen molar-refractivity contribution in [2.75, 3.05) is 7.11 Å². The summed E-state index contributed by atoms with van der Waals surface area (Å²) in [4.78, 5) is 14.6. The summed E-state index contributed by atoms with van der Waals surface area (Å²) >= 11 is 0.991. The van der Waals surface area contributed by atoms with Gasteiger partial charge in [0.2, 0.25) is 5.01 Å². The maximum absolute atomic E-state index is 10.8. The van der Waals surface area contributed by atoms with E-state index >= 15 is 0 Å². The summed E-state index contributed by atoms with van der Waals surface area (Å²) in [6, 6.07) is 0. The fourth-order valence-corrected chi connectivity index (χ4v) is 1.12. The topological polar surface area (TPSA) is 78.1 Å². The van der Waals surface area contributed by atoms with Crippen LogP contribution in [0.15, 0.2) is 0 Å². The molecular formula is C5H7N3O2S. The van der Waals surface area contributed by atoms with Gasteiger partial charge in [-0.05, 0) is 11.5 Å². The number of ether oxygens (including phenoxy) is 1. The van der Waals surface area contributed by atoms with E-state index in [1.54, 1.807) is 0 Å². The third kappa shape index (κ3) is 1.72. The zero-order valence-electron chi connectivity index (χ0n) is 5.90. The summed E-state index contributed by atoms with van der Waals surface area (Å²) in [5.41, 5.74) is 5.23. The molecule has 0 saturated carbocycles. The van der Waals surface area contributed by atoms with E-state index in [1.807, 2.05) is 0 Å². The number of esters is 1. The quantitative estimate of drug-likeness (QED) is 0.626. The van der Waals surface area contributed by atoms with Crippen molar-refractivity contribution in [1.29, 1.82) is 0 Å². The molecule has 1 heterocycles. The van der Waals surface area contributed by atoms with Crippen LogP contribution in [-0.4, -0.2) is 22.4 Å². The van der Waals surface area contributed by atoms with Crippen LogP contribution in [0.25, 0.3) is 0 Å². The highest BCUT2D eigenvalue weighted by Gasteiger charge is 2.10. The molecule has 0 unspecified atom stereocenters. The van der Waals surface area contributed by atoms with Crippen LogP contribution in [0.3, 0.4) is 0 Å². The lowest BCUT2D eigenvalue weighted by molar-refractivity contribution is 0.0600. The van der Waals surface area contributed by atoms with Crippen molar-refractivity contribution in [3.05, 3.63) is 10.8 Å². The van der Waals surface area contributed by atoms with Gasteiger partial charge < -0.3 is 10.5 Å². The van der Waals surface area contributed by atoms with Crippen molar-refractivity contribution < 1.29 is 9.53 Å². The van der Waals surface area contributed by atoms with Gasteiger partial charge in [-0.15, -0.1) is 0 Å². The number of carbonyl (C=O) groups is 1. The van der Waals surface area contributed by atoms with Crippen LogP contribution in [0.5, 0.6) is 0 Å². The van der Waals surface area contributed by atoms with Gasteiger partial charge in [0.1, 0.15) is 0 Å². The second kappa shape index (κ2) is 3.40. The van der Waals surface area contributed by atoms with Crippen molar-refractivity contribution in [3.63, 3.8) is 0 Å². The molecule has 0 atom stereocenters. The second-order valence-electron chi connectivity index (χ2n) is 1.71. The first-order chi connectivity index (χ1) is 5.27. The van der Waals surface area contributed by atoms with Crippen molar-refractivity contribution in [3.8, 4) is 0 Å². The first-order valence-electron chi connectivity index (χ1n) is 2.89. The van der Waals surface area contributed by atoms with E-state index in [-0.39, 0.29) is 11.6 Å².